The van der Waals surface area contributed by atoms with E-state index in [1.54, 1.807) is 6.07 Å². The first-order chi connectivity index (χ1) is 16.8. The molecule has 0 saturated heterocycles. The first kappa shape index (κ1) is 23.8. The second-order valence-corrected chi connectivity index (χ2v) is 7.82. The predicted octanol–water partition coefficient (Wildman–Crippen LogP) is 4.36. The van der Waals surface area contributed by atoms with E-state index in [-0.39, 0.29) is 27.4 Å². The molecule has 1 atom stereocenters. The summed E-state index contributed by atoms with van der Waals surface area (Å²) in [7, 11) is 1.21. The van der Waals surface area contributed by atoms with Gasteiger partial charge in [0.2, 0.25) is 5.91 Å². The van der Waals surface area contributed by atoms with Crippen molar-refractivity contribution in [2.24, 2.45) is 0 Å². The van der Waals surface area contributed by atoms with Crippen LogP contribution in [0.25, 0.3) is 22.1 Å². The van der Waals surface area contributed by atoms with E-state index in [0.29, 0.717) is 22.8 Å². The van der Waals surface area contributed by atoms with E-state index >= 15 is 0 Å². The maximum absolute atomic E-state index is 13.5. The van der Waals surface area contributed by atoms with Gasteiger partial charge in [-0.2, -0.15) is 0 Å². The third kappa shape index (κ3) is 4.95. The lowest BCUT2D eigenvalue weighted by molar-refractivity contribution is -0.122. The number of aromatic nitrogens is 1. The number of carbonyl (C=O) groups is 3. The average Bonchev–Trinajstić information content (AvgIpc) is 2.83. The molecule has 10 heteroatoms. The van der Waals surface area contributed by atoms with Gasteiger partial charge in [-0.15, -0.1) is 0 Å². The van der Waals surface area contributed by atoms with Gasteiger partial charge in [0.05, 0.1) is 29.6 Å². The van der Waals surface area contributed by atoms with Crippen LogP contribution in [0.4, 0.5) is 10.1 Å². The SMILES string of the molecule is COC(=O)c1cncc(NC(=O)C(C=O)c2ccc3c(-c4ccc(F)cc4Cl)cc(=O)oc3c2)c1. The quantitative estimate of drug-likeness (QED) is 0.183. The molecule has 0 bridgehead atoms. The fourth-order valence-electron chi connectivity index (χ4n) is 3.55. The number of hydrogen-bond acceptors (Lipinski definition) is 7. The molecular formula is C25H16ClFN2O6. The van der Waals surface area contributed by atoms with Gasteiger partial charge in [0.1, 0.15) is 23.6 Å². The van der Waals surface area contributed by atoms with Gasteiger partial charge in [0, 0.05) is 28.8 Å². The molecule has 2 heterocycles. The molecule has 4 aromatic rings. The number of ether oxygens (including phenoxy) is 1. The summed E-state index contributed by atoms with van der Waals surface area (Å²) in [4.78, 5) is 52.4. The third-order valence-electron chi connectivity index (χ3n) is 5.19. The molecule has 0 radical (unpaired) electrons. The zero-order valence-corrected chi connectivity index (χ0v) is 18.8. The molecule has 0 spiro atoms. The molecule has 0 aliphatic heterocycles. The molecule has 2 aromatic heterocycles. The van der Waals surface area contributed by atoms with Gasteiger partial charge >= 0.3 is 11.6 Å². The monoisotopic (exact) mass is 494 g/mol. The highest BCUT2D eigenvalue weighted by Gasteiger charge is 2.22. The Balaban J connectivity index is 1.70. The molecule has 0 fully saturated rings. The fourth-order valence-corrected chi connectivity index (χ4v) is 3.82. The summed E-state index contributed by atoms with van der Waals surface area (Å²) >= 11 is 6.17. The highest BCUT2D eigenvalue weighted by molar-refractivity contribution is 6.33. The highest BCUT2D eigenvalue weighted by Crippen LogP contribution is 2.34. The standard InChI is InChI=1S/C25H16ClFN2O6/c1-34-25(33)14-6-16(11-28-10-14)29-24(32)20(12-30)13-2-4-18-19(9-23(31)35-22(18)7-13)17-5-3-15(27)8-21(17)26/h2-12,20H,1H3,(H,29,32). The summed E-state index contributed by atoms with van der Waals surface area (Å²) in [5.74, 6) is -3.12. The van der Waals surface area contributed by atoms with Crippen LogP contribution in [0.3, 0.4) is 0 Å². The van der Waals surface area contributed by atoms with Gasteiger partial charge in [-0.1, -0.05) is 23.7 Å². The largest absolute Gasteiger partial charge is 0.465 e. The van der Waals surface area contributed by atoms with E-state index in [9.17, 15) is 23.6 Å². The number of amides is 1. The van der Waals surface area contributed by atoms with Crippen molar-refractivity contribution in [2.75, 3.05) is 12.4 Å². The molecule has 1 N–H and O–H groups in total. The summed E-state index contributed by atoms with van der Waals surface area (Å²) in [6.07, 6.45) is 3.02. The van der Waals surface area contributed by atoms with Gasteiger partial charge in [-0.05, 0) is 35.9 Å². The van der Waals surface area contributed by atoms with Crippen LogP contribution in [0.1, 0.15) is 21.8 Å². The number of hydrogen-bond donors (Lipinski definition) is 1. The highest BCUT2D eigenvalue weighted by atomic mass is 35.5. The first-order valence-electron chi connectivity index (χ1n) is 10.1. The van der Waals surface area contributed by atoms with Gasteiger partial charge in [-0.3, -0.25) is 9.78 Å². The summed E-state index contributed by atoms with van der Waals surface area (Å²) in [6.45, 7) is 0. The molecular weight excluding hydrogens is 479 g/mol. The van der Waals surface area contributed by atoms with Crippen LogP contribution in [0.15, 0.2) is 70.1 Å². The number of nitrogens with zero attached hydrogens (tertiary/aromatic N) is 1. The Morgan fingerprint density at radius 1 is 1.11 bits per heavy atom. The number of esters is 1. The number of nitrogens with one attached hydrogen (secondary N) is 1. The lowest BCUT2D eigenvalue weighted by Gasteiger charge is -2.13. The van der Waals surface area contributed by atoms with E-state index < -0.39 is 29.2 Å². The normalized spacial score (nSPS) is 11.6. The van der Waals surface area contributed by atoms with E-state index in [4.69, 9.17) is 16.0 Å². The van der Waals surface area contributed by atoms with Crippen LogP contribution in [0.2, 0.25) is 5.02 Å². The topological polar surface area (TPSA) is 116 Å². The van der Waals surface area contributed by atoms with Crippen molar-refractivity contribution in [3.8, 4) is 11.1 Å². The van der Waals surface area contributed by atoms with E-state index in [1.807, 2.05) is 0 Å². The van der Waals surface area contributed by atoms with Crippen LogP contribution in [0, 0.1) is 5.82 Å². The van der Waals surface area contributed by atoms with Crippen molar-refractivity contribution in [1.82, 2.24) is 4.98 Å². The molecule has 1 amide bonds. The summed E-state index contributed by atoms with van der Waals surface area (Å²) in [5, 5.41) is 3.11. The number of halogens is 2. The van der Waals surface area contributed by atoms with Gasteiger partial charge in [0.25, 0.3) is 0 Å². The van der Waals surface area contributed by atoms with Crippen molar-refractivity contribution in [1.29, 1.82) is 0 Å². The van der Waals surface area contributed by atoms with Gasteiger partial charge in [0.15, 0.2) is 0 Å². The van der Waals surface area contributed by atoms with Gasteiger partial charge < -0.3 is 19.3 Å². The van der Waals surface area contributed by atoms with Crippen LogP contribution < -0.4 is 10.9 Å². The molecule has 0 aliphatic carbocycles. The minimum atomic E-state index is -1.26. The Hall–Kier alpha value is -4.37. The number of anilines is 1. The van der Waals surface area contributed by atoms with Crippen LogP contribution in [0.5, 0.6) is 0 Å². The first-order valence-corrected chi connectivity index (χ1v) is 10.5. The average molecular weight is 495 g/mol. The Morgan fingerprint density at radius 3 is 2.63 bits per heavy atom. The number of methoxy groups -OCH3 is 1. The van der Waals surface area contributed by atoms with Crippen molar-refractivity contribution >= 4 is 46.4 Å². The zero-order valence-electron chi connectivity index (χ0n) is 18.1. The van der Waals surface area contributed by atoms with Crippen molar-refractivity contribution in [2.45, 2.75) is 5.92 Å². The van der Waals surface area contributed by atoms with E-state index in [2.05, 4.69) is 15.0 Å². The van der Waals surface area contributed by atoms with Crippen molar-refractivity contribution < 1.29 is 27.9 Å². The number of benzene rings is 2. The summed E-state index contributed by atoms with van der Waals surface area (Å²) in [6, 6.07) is 10.9. The van der Waals surface area contributed by atoms with Crippen LogP contribution in [-0.4, -0.2) is 30.3 Å². The Kier molecular flexibility index (Phi) is 6.70. The number of pyridine rings is 1. The number of fused-ring (bicyclic) bond motifs is 1. The number of carbonyl (C=O) groups excluding carboxylic acids is 3. The second-order valence-electron chi connectivity index (χ2n) is 7.42. The molecule has 35 heavy (non-hydrogen) atoms. The molecule has 0 aliphatic rings. The Bertz CT molecular complexity index is 1530. The van der Waals surface area contributed by atoms with E-state index in [0.717, 1.165) is 6.07 Å². The van der Waals surface area contributed by atoms with Gasteiger partial charge in [-0.25, -0.2) is 14.0 Å². The molecule has 4 rings (SSSR count). The fraction of sp³-hybridized carbons (Fsp3) is 0.0800. The minimum absolute atomic E-state index is 0.105. The Labute approximate surface area is 202 Å². The summed E-state index contributed by atoms with van der Waals surface area (Å²) in [5.41, 5.74) is 0.805. The van der Waals surface area contributed by atoms with Crippen LogP contribution >= 0.6 is 11.6 Å². The van der Waals surface area contributed by atoms with Crippen molar-refractivity contribution in [3.63, 3.8) is 0 Å². The van der Waals surface area contributed by atoms with E-state index in [1.165, 1.54) is 55.9 Å². The maximum Gasteiger partial charge on any atom is 0.339 e. The Morgan fingerprint density at radius 2 is 1.91 bits per heavy atom. The molecule has 2 aromatic carbocycles. The molecule has 0 saturated carbocycles. The molecule has 176 valence electrons. The summed E-state index contributed by atoms with van der Waals surface area (Å²) < 4.78 is 23.4. The van der Waals surface area contributed by atoms with Crippen LogP contribution in [-0.2, 0) is 14.3 Å². The predicted molar refractivity (Wildman–Crippen MR) is 126 cm³/mol. The molecule has 8 nitrogen and oxygen atoms in total. The minimum Gasteiger partial charge on any atom is -0.465 e. The smallest absolute Gasteiger partial charge is 0.339 e. The number of aldehydes is 1. The number of rotatable bonds is 6. The zero-order chi connectivity index (χ0) is 25.1. The third-order valence-corrected chi connectivity index (χ3v) is 5.51. The van der Waals surface area contributed by atoms with Crippen molar-refractivity contribution in [3.05, 3.63) is 93.3 Å². The second kappa shape index (κ2) is 9.86. The lowest BCUT2D eigenvalue weighted by Crippen LogP contribution is -2.22. The lowest BCUT2D eigenvalue weighted by atomic mass is 9.95. The molecule has 1 unspecified atom stereocenters. The maximum atomic E-state index is 13.5.